The Bertz CT molecular complexity index is 412. The van der Waals surface area contributed by atoms with Gasteiger partial charge in [0.2, 0.25) is 15.0 Å². The Kier molecular flexibility index (Phi) is 2.97. The van der Waals surface area contributed by atoms with Crippen molar-refractivity contribution in [1.82, 2.24) is 15.3 Å². The SMILES string of the molecule is O=S(=O)(c1ncccn1)C1CCCNC1. The van der Waals surface area contributed by atoms with Gasteiger partial charge < -0.3 is 5.32 Å². The molecule has 1 aromatic heterocycles. The van der Waals surface area contributed by atoms with Crippen molar-refractivity contribution < 1.29 is 8.42 Å². The number of hydrogen-bond acceptors (Lipinski definition) is 5. The molecule has 1 aliphatic heterocycles. The van der Waals surface area contributed by atoms with E-state index in [4.69, 9.17) is 0 Å². The first-order valence-electron chi connectivity index (χ1n) is 4.93. The molecule has 1 aliphatic rings. The topological polar surface area (TPSA) is 72.0 Å². The van der Waals surface area contributed by atoms with E-state index in [1.165, 1.54) is 12.4 Å². The van der Waals surface area contributed by atoms with Crippen molar-refractivity contribution in [2.24, 2.45) is 0 Å². The average Bonchev–Trinajstić information content (AvgIpc) is 2.31. The molecular weight excluding hydrogens is 214 g/mol. The van der Waals surface area contributed by atoms with Crippen molar-refractivity contribution in [3.8, 4) is 0 Å². The van der Waals surface area contributed by atoms with E-state index in [0.717, 1.165) is 13.0 Å². The molecular formula is C9H13N3O2S. The van der Waals surface area contributed by atoms with Gasteiger partial charge in [0.1, 0.15) is 0 Å². The van der Waals surface area contributed by atoms with Crippen LogP contribution in [0.4, 0.5) is 0 Å². The van der Waals surface area contributed by atoms with Crippen LogP contribution in [0.5, 0.6) is 0 Å². The number of nitrogens with one attached hydrogen (secondary N) is 1. The molecule has 0 saturated carbocycles. The first-order chi connectivity index (χ1) is 7.21. The van der Waals surface area contributed by atoms with E-state index in [1.54, 1.807) is 6.07 Å². The van der Waals surface area contributed by atoms with Crippen LogP contribution in [0.2, 0.25) is 0 Å². The fourth-order valence-corrected chi connectivity index (χ4v) is 3.19. The zero-order chi connectivity index (χ0) is 10.7. The lowest BCUT2D eigenvalue weighted by Crippen LogP contribution is -2.39. The van der Waals surface area contributed by atoms with Gasteiger partial charge in [0.25, 0.3) is 0 Å². The minimum atomic E-state index is -3.35. The Morgan fingerprint density at radius 3 is 2.67 bits per heavy atom. The molecule has 82 valence electrons. The lowest BCUT2D eigenvalue weighted by molar-refractivity contribution is 0.493. The van der Waals surface area contributed by atoms with Gasteiger partial charge in [0.05, 0.1) is 5.25 Å². The summed E-state index contributed by atoms with van der Waals surface area (Å²) in [5, 5.41) is 2.64. The zero-order valence-electron chi connectivity index (χ0n) is 8.26. The quantitative estimate of drug-likeness (QED) is 0.720. The fraction of sp³-hybridized carbons (Fsp3) is 0.556. The molecule has 0 bridgehead atoms. The van der Waals surface area contributed by atoms with Crippen LogP contribution in [0, 0.1) is 0 Å². The van der Waals surface area contributed by atoms with Crippen molar-refractivity contribution in [3.63, 3.8) is 0 Å². The van der Waals surface area contributed by atoms with Gasteiger partial charge in [0, 0.05) is 18.9 Å². The molecule has 1 aromatic rings. The molecule has 1 unspecified atom stereocenters. The molecule has 1 fully saturated rings. The third kappa shape index (κ3) is 2.15. The van der Waals surface area contributed by atoms with E-state index in [1.807, 2.05) is 0 Å². The Hall–Kier alpha value is -1.01. The molecule has 0 spiro atoms. The van der Waals surface area contributed by atoms with Crippen LogP contribution in [-0.4, -0.2) is 36.7 Å². The van der Waals surface area contributed by atoms with Crippen molar-refractivity contribution in [2.75, 3.05) is 13.1 Å². The molecule has 1 atom stereocenters. The van der Waals surface area contributed by atoms with Crippen LogP contribution in [0.15, 0.2) is 23.6 Å². The Balaban J connectivity index is 2.26. The van der Waals surface area contributed by atoms with Crippen molar-refractivity contribution in [2.45, 2.75) is 23.2 Å². The Morgan fingerprint density at radius 2 is 2.07 bits per heavy atom. The summed E-state index contributed by atoms with van der Waals surface area (Å²) in [6.07, 6.45) is 4.48. The van der Waals surface area contributed by atoms with Gasteiger partial charge in [0.15, 0.2) is 0 Å². The predicted octanol–water partition coefficient (Wildman–Crippen LogP) is 0.00230. The van der Waals surface area contributed by atoms with Crippen LogP contribution in [0.1, 0.15) is 12.8 Å². The maximum absolute atomic E-state index is 12.0. The maximum Gasteiger partial charge on any atom is 0.247 e. The molecule has 0 amide bonds. The Labute approximate surface area is 88.9 Å². The predicted molar refractivity (Wildman–Crippen MR) is 55.1 cm³/mol. The highest BCUT2D eigenvalue weighted by molar-refractivity contribution is 7.91. The van der Waals surface area contributed by atoms with E-state index in [0.29, 0.717) is 13.0 Å². The van der Waals surface area contributed by atoms with Crippen molar-refractivity contribution >= 4 is 9.84 Å². The highest BCUT2D eigenvalue weighted by atomic mass is 32.2. The largest absolute Gasteiger partial charge is 0.315 e. The highest BCUT2D eigenvalue weighted by Gasteiger charge is 2.30. The van der Waals surface area contributed by atoms with Gasteiger partial charge in [-0.2, -0.15) is 0 Å². The first kappa shape index (κ1) is 10.5. The minimum Gasteiger partial charge on any atom is -0.315 e. The first-order valence-corrected chi connectivity index (χ1v) is 6.47. The highest BCUT2D eigenvalue weighted by Crippen LogP contribution is 2.17. The molecule has 0 radical (unpaired) electrons. The number of rotatable bonds is 2. The summed E-state index contributed by atoms with van der Waals surface area (Å²) >= 11 is 0. The molecule has 1 saturated heterocycles. The third-order valence-corrected chi connectivity index (χ3v) is 4.49. The van der Waals surface area contributed by atoms with Gasteiger partial charge in [-0.15, -0.1) is 0 Å². The second-order valence-electron chi connectivity index (χ2n) is 3.54. The van der Waals surface area contributed by atoms with Crippen molar-refractivity contribution in [3.05, 3.63) is 18.5 Å². The van der Waals surface area contributed by atoms with Gasteiger partial charge in [-0.1, -0.05) is 0 Å². The molecule has 1 N–H and O–H groups in total. The zero-order valence-corrected chi connectivity index (χ0v) is 9.07. The van der Waals surface area contributed by atoms with Crippen LogP contribution >= 0.6 is 0 Å². The summed E-state index contributed by atoms with van der Waals surface area (Å²) in [7, 11) is -3.35. The number of hydrogen-bond donors (Lipinski definition) is 1. The van der Waals surface area contributed by atoms with Crippen LogP contribution < -0.4 is 5.32 Å². The van der Waals surface area contributed by atoms with Gasteiger partial charge >= 0.3 is 0 Å². The second kappa shape index (κ2) is 4.24. The van der Waals surface area contributed by atoms with E-state index in [2.05, 4.69) is 15.3 Å². The molecule has 5 nitrogen and oxygen atoms in total. The molecule has 15 heavy (non-hydrogen) atoms. The lowest BCUT2D eigenvalue weighted by atomic mass is 10.2. The fourth-order valence-electron chi connectivity index (χ4n) is 1.67. The number of aromatic nitrogens is 2. The molecule has 2 rings (SSSR count). The van der Waals surface area contributed by atoms with Crippen LogP contribution in [0.3, 0.4) is 0 Å². The number of piperidine rings is 1. The van der Waals surface area contributed by atoms with Crippen LogP contribution in [0.25, 0.3) is 0 Å². The smallest absolute Gasteiger partial charge is 0.247 e. The number of sulfone groups is 1. The Morgan fingerprint density at radius 1 is 1.33 bits per heavy atom. The van der Waals surface area contributed by atoms with E-state index in [-0.39, 0.29) is 10.4 Å². The molecule has 0 aliphatic carbocycles. The second-order valence-corrected chi connectivity index (χ2v) is 5.67. The van der Waals surface area contributed by atoms with E-state index < -0.39 is 9.84 Å². The maximum atomic E-state index is 12.0. The molecule has 0 aromatic carbocycles. The average molecular weight is 227 g/mol. The minimum absolute atomic E-state index is 0.0568. The normalized spacial score (nSPS) is 22.5. The monoisotopic (exact) mass is 227 g/mol. The van der Waals surface area contributed by atoms with Gasteiger partial charge in [-0.05, 0) is 25.5 Å². The summed E-state index contributed by atoms with van der Waals surface area (Å²) in [4.78, 5) is 7.60. The molecule has 6 heteroatoms. The summed E-state index contributed by atoms with van der Waals surface area (Å²) in [5.74, 6) is 0. The standard InChI is InChI=1S/C9H13N3O2S/c13-15(14,8-3-1-4-10-7-8)9-11-5-2-6-12-9/h2,5-6,8,10H,1,3-4,7H2. The lowest BCUT2D eigenvalue weighted by Gasteiger charge is -2.21. The summed E-state index contributed by atoms with van der Waals surface area (Å²) in [6, 6.07) is 1.61. The van der Waals surface area contributed by atoms with E-state index in [9.17, 15) is 8.42 Å². The van der Waals surface area contributed by atoms with Gasteiger partial charge in [-0.3, -0.25) is 0 Å². The van der Waals surface area contributed by atoms with Crippen molar-refractivity contribution in [1.29, 1.82) is 0 Å². The summed E-state index contributed by atoms with van der Waals surface area (Å²) in [5.41, 5.74) is 0. The summed E-state index contributed by atoms with van der Waals surface area (Å²) in [6.45, 7) is 1.39. The number of nitrogens with zero attached hydrogens (tertiary/aromatic N) is 2. The molecule has 2 heterocycles. The van der Waals surface area contributed by atoms with Gasteiger partial charge in [-0.25, -0.2) is 18.4 Å². The van der Waals surface area contributed by atoms with E-state index >= 15 is 0 Å². The van der Waals surface area contributed by atoms with Crippen LogP contribution in [-0.2, 0) is 9.84 Å². The summed E-state index contributed by atoms with van der Waals surface area (Å²) < 4.78 is 24.0. The third-order valence-electron chi connectivity index (χ3n) is 2.49.